The van der Waals surface area contributed by atoms with E-state index in [1.165, 1.54) is 6.07 Å². The van der Waals surface area contributed by atoms with Crippen LogP contribution in [-0.4, -0.2) is 54.9 Å². The molecule has 1 heterocycles. The third-order valence-corrected chi connectivity index (χ3v) is 5.04. The van der Waals surface area contributed by atoms with E-state index in [-0.39, 0.29) is 24.0 Å². The van der Waals surface area contributed by atoms with Gasteiger partial charge in [0.1, 0.15) is 17.2 Å². The van der Waals surface area contributed by atoms with Crippen LogP contribution in [0.15, 0.2) is 42.6 Å². The van der Waals surface area contributed by atoms with Gasteiger partial charge >= 0.3 is 0 Å². The average molecular weight is 396 g/mol. The summed E-state index contributed by atoms with van der Waals surface area (Å²) >= 11 is 0. The Hall–Kier alpha value is -2.90. The number of hydrogen-bond acceptors (Lipinski definition) is 6. The molecule has 0 aliphatic carbocycles. The highest BCUT2D eigenvalue weighted by atomic mass is 16.3. The molecule has 0 saturated carbocycles. The van der Waals surface area contributed by atoms with Gasteiger partial charge in [-0.2, -0.15) is 0 Å². The molecule has 0 fully saturated rings. The molecule has 0 spiro atoms. The van der Waals surface area contributed by atoms with Crippen molar-refractivity contribution >= 4 is 0 Å². The van der Waals surface area contributed by atoms with E-state index in [1.807, 2.05) is 38.1 Å². The topological polar surface area (TPSA) is 94.6 Å². The smallest absolute Gasteiger partial charge is 0.145 e. The Bertz CT molecular complexity index is 951. The van der Waals surface area contributed by atoms with Crippen LogP contribution >= 0.6 is 0 Å². The van der Waals surface area contributed by atoms with Crippen molar-refractivity contribution in [3.8, 4) is 28.4 Å². The molecule has 0 bridgehead atoms. The van der Waals surface area contributed by atoms with Crippen LogP contribution < -0.4 is 0 Å². The molecule has 0 aliphatic heterocycles. The minimum atomic E-state index is -0.0575. The lowest BCUT2D eigenvalue weighted by Gasteiger charge is -2.19. The Morgan fingerprint density at radius 2 is 1.79 bits per heavy atom. The molecule has 0 aliphatic rings. The number of benzene rings is 2. The van der Waals surface area contributed by atoms with Crippen LogP contribution in [0.4, 0.5) is 0 Å². The zero-order chi connectivity index (χ0) is 21.0. The number of aromatic nitrogens is 3. The van der Waals surface area contributed by atoms with Crippen LogP contribution in [0, 0.1) is 0 Å². The Kier molecular flexibility index (Phi) is 6.51. The SMILES string of the molecule is CCN(CCO)Cc1ccc(-c2cnnn2-c2cc(C(C)C)c(O)cc2O)cc1. The van der Waals surface area contributed by atoms with Crippen LogP contribution in [-0.2, 0) is 6.54 Å². The summed E-state index contributed by atoms with van der Waals surface area (Å²) in [4.78, 5) is 2.17. The second-order valence-corrected chi connectivity index (χ2v) is 7.37. The van der Waals surface area contributed by atoms with E-state index in [1.54, 1.807) is 16.9 Å². The van der Waals surface area contributed by atoms with E-state index in [2.05, 4.69) is 22.1 Å². The molecule has 7 heteroatoms. The third-order valence-electron chi connectivity index (χ3n) is 5.04. The van der Waals surface area contributed by atoms with E-state index in [0.717, 1.165) is 35.5 Å². The second-order valence-electron chi connectivity index (χ2n) is 7.37. The van der Waals surface area contributed by atoms with Crippen LogP contribution in [0.3, 0.4) is 0 Å². The summed E-state index contributed by atoms with van der Waals surface area (Å²) in [5.41, 5.74) is 4.02. The zero-order valence-electron chi connectivity index (χ0n) is 17.1. The maximum absolute atomic E-state index is 10.4. The fraction of sp³-hybridized carbons (Fsp3) is 0.364. The van der Waals surface area contributed by atoms with Crippen molar-refractivity contribution in [3.63, 3.8) is 0 Å². The number of phenolic OH excluding ortho intramolecular Hbond substituents is 2. The van der Waals surface area contributed by atoms with Crippen molar-refractivity contribution in [3.05, 3.63) is 53.7 Å². The minimum Gasteiger partial charge on any atom is -0.508 e. The quantitative estimate of drug-likeness (QED) is 0.541. The standard InChI is InChI=1S/C22H28N4O3/c1-4-25(9-10-27)14-16-5-7-17(8-6-16)20-13-23-24-26(20)19-11-18(15(2)3)21(28)12-22(19)29/h5-8,11-13,15,27-29H,4,9-10,14H2,1-3H3. The number of likely N-dealkylation sites (N-methyl/N-ethyl adjacent to an activating group) is 1. The van der Waals surface area contributed by atoms with E-state index in [9.17, 15) is 10.2 Å². The lowest BCUT2D eigenvalue weighted by atomic mass is 10.0. The van der Waals surface area contributed by atoms with Crippen molar-refractivity contribution in [1.82, 2.24) is 19.9 Å². The Morgan fingerprint density at radius 1 is 1.07 bits per heavy atom. The molecule has 0 amide bonds. The van der Waals surface area contributed by atoms with Gasteiger partial charge in [0.05, 0.1) is 18.5 Å². The number of rotatable bonds is 8. The first-order valence-electron chi connectivity index (χ1n) is 9.84. The fourth-order valence-electron chi connectivity index (χ4n) is 3.35. The molecule has 0 saturated heterocycles. The number of aliphatic hydroxyl groups is 1. The molecule has 1 aromatic heterocycles. The summed E-state index contributed by atoms with van der Waals surface area (Å²) in [6.07, 6.45) is 1.65. The average Bonchev–Trinajstić information content (AvgIpc) is 3.17. The van der Waals surface area contributed by atoms with Gasteiger partial charge in [-0.25, -0.2) is 4.68 Å². The molecule has 29 heavy (non-hydrogen) atoms. The summed E-state index contributed by atoms with van der Waals surface area (Å²) in [6.45, 7) is 8.46. The molecule has 0 unspecified atom stereocenters. The Labute approximate surface area is 170 Å². The first-order valence-corrected chi connectivity index (χ1v) is 9.84. The van der Waals surface area contributed by atoms with E-state index in [0.29, 0.717) is 12.2 Å². The van der Waals surface area contributed by atoms with Gasteiger partial charge in [-0.1, -0.05) is 50.3 Å². The Balaban J connectivity index is 1.92. The highest BCUT2D eigenvalue weighted by molar-refractivity contribution is 5.64. The van der Waals surface area contributed by atoms with Crippen molar-refractivity contribution in [2.75, 3.05) is 19.7 Å². The molecular weight excluding hydrogens is 368 g/mol. The maximum atomic E-state index is 10.4. The molecule has 3 N–H and O–H groups in total. The number of hydrogen-bond donors (Lipinski definition) is 3. The number of aromatic hydroxyl groups is 2. The number of nitrogens with zero attached hydrogens (tertiary/aromatic N) is 4. The van der Waals surface area contributed by atoms with Gasteiger partial charge in [0, 0.05) is 24.7 Å². The molecule has 0 radical (unpaired) electrons. The number of phenols is 2. The van der Waals surface area contributed by atoms with E-state index >= 15 is 0 Å². The third kappa shape index (κ3) is 4.58. The van der Waals surface area contributed by atoms with E-state index < -0.39 is 0 Å². The molecule has 2 aromatic carbocycles. The van der Waals surface area contributed by atoms with E-state index in [4.69, 9.17) is 5.11 Å². The van der Waals surface area contributed by atoms with Crippen LogP contribution in [0.1, 0.15) is 37.8 Å². The zero-order valence-corrected chi connectivity index (χ0v) is 17.1. The highest BCUT2D eigenvalue weighted by Crippen LogP contribution is 2.35. The van der Waals surface area contributed by atoms with Crippen LogP contribution in [0.25, 0.3) is 16.9 Å². The molecule has 3 rings (SSSR count). The van der Waals surface area contributed by atoms with Gasteiger partial charge in [-0.15, -0.1) is 5.10 Å². The van der Waals surface area contributed by atoms with Crippen LogP contribution in [0.5, 0.6) is 11.5 Å². The van der Waals surface area contributed by atoms with Crippen molar-refractivity contribution < 1.29 is 15.3 Å². The second kappa shape index (κ2) is 9.07. The highest BCUT2D eigenvalue weighted by Gasteiger charge is 2.17. The van der Waals surface area contributed by atoms with Gasteiger partial charge in [-0.05, 0) is 29.7 Å². The van der Waals surface area contributed by atoms with Crippen molar-refractivity contribution in [2.45, 2.75) is 33.2 Å². The summed E-state index contributed by atoms with van der Waals surface area (Å²) < 4.78 is 1.58. The van der Waals surface area contributed by atoms with Crippen molar-refractivity contribution in [2.24, 2.45) is 0 Å². The summed E-state index contributed by atoms with van der Waals surface area (Å²) in [5.74, 6) is 0.106. The largest absolute Gasteiger partial charge is 0.508 e. The predicted octanol–water partition coefficient (Wildman–Crippen LogP) is 3.28. The van der Waals surface area contributed by atoms with Crippen LogP contribution in [0.2, 0.25) is 0 Å². The Morgan fingerprint density at radius 3 is 2.41 bits per heavy atom. The first kappa shape index (κ1) is 20.8. The maximum Gasteiger partial charge on any atom is 0.145 e. The van der Waals surface area contributed by atoms with Gasteiger partial charge in [-0.3, -0.25) is 4.90 Å². The molecule has 3 aromatic rings. The predicted molar refractivity (Wildman–Crippen MR) is 112 cm³/mol. The molecular formula is C22H28N4O3. The first-order chi connectivity index (χ1) is 13.9. The van der Waals surface area contributed by atoms with Gasteiger partial charge < -0.3 is 15.3 Å². The number of aliphatic hydroxyl groups excluding tert-OH is 1. The lowest BCUT2D eigenvalue weighted by molar-refractivity contribution is 0.197. The molecule has 0 atom stereocenters. The fourth-order valence-corrected chi connectivity index (χ4v) is 3.35. The monoisotopic (exact) mass is 396 g/mol. The summed E-state index contributed by atoms with van der Waals surface area (Å²) in [5, 5.41) is 37.8. The minimum absolute atomic E-state index is 0.0575. The van der Waals surface area contributed by atoms with Gasteiger partial charge in [0.25, 0.3) is 0 Å². The van der Waals surface area contributed by atoms with Gasteiger partial charge in [0.15, 0.2) is 0 Å². The summed E-state index contributed by atoms with van der Waals surface area (Å²) in [7, 11) is 0. The van der Waals surface area contributed by atoms with Gasteiger partial charge in [0.2, 0.25) is 0 Å². The normalized spacial score (nSPS) is 11.5. The molecule has 7 nitrogen and oxygen atoms in total. The lowest BCUT2D eigenvalue weighted by Crippen LogP contribution is -2.25. The molecule has 154 valence electrons. The summed E-state index contributed by atoms with van der Waals surface area (Å²) in [6, 6.07) is 11.2. The van der Waals surface area contributed by atoms with Crippen molar-refractivity contribution in [1.29, 1.82) is 0 Å².